The molecule has 19 heavy (non-hydrogen) atoms. The van der Waals surface area contributed by atoms with E-state index < -0.39 is 0 Å². The second-order valence-electron chi connectivity index (χ2n) is 4.13. The molecular formula is C14H20N4O. The van der Waals surface area contributed by atoms with Crippen molar-refractivity contribution in [2.45, 2.75) is 19.9 Å². The zero-order chi connectivity index (χ0) is 14.3. The summed E-state index contributed by atoms with van der Waals surface area (Å²) in [5, 5.41) is 3.17. The van der Waals surface area contributed by atoms with Crippen molar-refractivity contribution >= 4 is 5.84 Å². The highest BCUT2D eigenvalue weighted by Crippen LogP contribution is 2.08. The van der Waals surface area contributed by atoms with Gasteiger partial charge in [-0.3, -0.25) is 4.98 Å². The normalized spacial score (nSPS) is 12.9. The molecule has 0 saturated carbocycles. The van der Waals surface area contributed by atoms with Gasteiger partial charge in [0.2, 0.25) is 0 Å². The predicted octanol–water partition coefficient (Wildman–Crippen LogP) is 1.79. The number of nitrogens with one attached hydrogen (secondary N) is 1. The number of nitrogens with two attached hydrogens (primary N) is 1. The van der Waals surface area contributed by atoms with E-state index >= 15 is 0 Å². The van der Waals surface area contributed by atoms with E-state index in [4.69, 9.17) is 10.5 Å². The van der Waals surface area contributed by atoms with E-state index in [0.29, 0.717) is 23.1 Å². The van der Waals surface area contributed by atoms with Crippen LogP contribution in [0.1, 0.15) is 19.5 Å². The lowest BCUT2D eigenvalue weighted by Crippen LogP contribution is -2.25. The van der Waals surface area contributed by atoms with Crippen LogP contribution in [0.2, 0.25) is 0 Å². The smallest absolute Gasteiger partial charge is 0.171 e. The molecule has 0 aliphatic heterocycles. The highest BCUT2D eigenvalue weighted by Gasteiger charge is 2.07. The Morgan fingerprint density at radius 1 is 1.53 bits per heavy atom. The molecule has 0 bridgehead atoms. The van der Waals surface area contributed by atoms with Gasteiger partial charge in [0.1, 0.15) is 5.69 Å². The van der Waals surface area contributed by atoms with Crippen molar-refractivity contribution < 1.29 is 4.74 Å². The zero-order valence-electron chi connectivity index (χ0n) is 11.6. The van der Waals surface area contributed by atoms with E-state index in [1.807, 2.05) is 26.0 Å². The number of rotatable bonds is 6. The minimum atomic E-state index is 0.195. The monoisotopic (exact) mass is 260 g/mol. The molecule has 0 radical (unpaired) electrons. The molecular weight excluding hydrogens is 240 g/mol. The van der Waals surface area contributed by atoms with E-state index in [9.17, 15) is 0 Å². The SMILES string of the molecule is C=C/C(OC)=C(\N=C(N)c1ccccn1)NC(C)C. The van der Waals surface area contributed by atoms with Crippen LogP contribution in [0.15, 0.2) is 53.6 Å². The Morgan fingerprint density at radius 3 is 2.74 bits per heavy atom. The highest BCUT2D eigenvalue weighted by molar-refractivity contribution is 5.96. The fourth-order valence-electron chi connectivity index (χ4n) is 1.40. The van der Waals surface area contributed by atoms with Gasteiger partial charge in [0.05, 0.1) is 7.11 Å². The van der Waals surface area contributed by atoms with Crippen LogP contribution in [0.4, 0.5) is 0 Å². The topological polar surface area (TPSA) is 72.5 Å². The molecule has 5 nitrogen and oxygen atoms in total. The van der Waals surface area contributed by atoms with Crippen molar-refractivity contribution in [3.05, 3.63) is 54.3 Å². The molecule has 0 spiro atoms. The molecule has 1 aromatic heterocycles. The molecule has 0 unspecified atom stereocenters. The Kier molecular flexibility index (Phi) is 5.60. The zero-order valence-corrected chi connectivity index (χ0v) is 11.6. The fourth-order valence-corrected chi connectivity index (χ4v) is 1.40. The number of aromatic nitrogens is 1. The summed E-state index contributed by atoms with van der Waals surface area (Å²) in [5.74, 6) is 1.39. The molecule has 0 fully saturated rings. The van der Waals surface area contributed by atoms with Gasteiger partial charge in [-0.05, 0) is 32.1 Å². The number of nitrogens with zero attached hydrogens (tertiary/aromatic N) is 2. The molecule has 1 heterocycles. The Labute approximate surface area is 113 Å². The summed E-state index contributed by atoms with van der Waals surface area (Å²) in [5.41, 5.74) is 6.56. The molecule has 0 aliphatic carbocycles. The lowest BCUT2D eigenvalue weighted by Gasteiger charge is -2.14. The maximum absolute atomic E-state index is 5.94. The number of pyridine rings is 1. The summed E-state index contributed by atoms with van der Waals surface area (Å²) in [7, 11) is 1.56. The first kappa shape index (κ1) is 14.8. The Morgan fingerprint density at radius 2 is 2.26 bits per heavy atom. The number of amidine groups is 1. The summed E-state index contributed by atoms with van der Waals surface area (Å²) < 4.78 is 5.22. The number of hydrogen-bond donors (Lipinski definition) is 2. The molecule has 0 saturated heterocycles. The number of methoxy groups -OCH3 is 1. The quantitative estimate of drug-likeness (QED) is 0.354. The summed E-state index contributed by atoms with van der Waals surface area (Å²) >= 11 is 0. The predicted molar refractivity (Wildman–Crippen MR) is 77.5 cm³/mol. The third kappa shape index (κ3) is 4.46. The van der Waals surface area contributed by atoms with Gasteiger partial charge in [-0.15, -0.1) is 0 Å². The van der Waals surface area contributed by atoms with Gasteiger partial charge in [0.15, 0.2) is 17.4 Å². The molecule has 5 heteroatoms. The van der Waals surface area contributed by atoms with Crippen LogP contribution >= 0.6 is 0 Å². The standard InChI is InChI=1S/C14H20N4O/c1-5-12(19-4)14(17-10(2)3)18-13(15)11-8-6-7-9-16-11/h5-10,17H,1H2,2-4H3,(H2,15,18)/b14-12+. The van der Waals surface area contributed by atoms with Gasteiger partial charge >= 0.3 is 0 Å². The number of ether oxygens (including phenoxy) is 1. The minimum Gasteiger partial charge on any atom is -0.493 e. The maximum atomic E-state index is 5.94. The summed E-state index contributed by atoms with van der Waals surface area (Å²) in [4.78, 5) is 8.48. The fraction of sp³-hybridized carbons (Fsp3) is 0.286. The number of aliphatic imine (C=N–C) groups is 1. The van der Waals surface area contributed by atoms with Crippen LogP contribution in [-0.2, 0) is 4.74 Å². The average molecular weight is 260 g/mol. The van der Waals surface area contributed by atoms with Crippen LogP contribution in [0.3, 0.4) is 0 Å². The van der Waals surface area contributed by atoms with Crippen molar-refractivity contribution in [3.8, 4) is 0 Å². The molecule has 0 aliphatic rings. The summed E-state index contributed by atoms with van der Waals surface area (Å²) in [6.45, 7) is 7.70. The van der Waals surface area contributed by atoms with Crippen molar-refractivity contribution in [1.82, 2.24) is 10.3 Å². The minimum absolute atomic E-state index is 0.195. The first-order valence-corrected chi connectivity index (χ1v) is 6.01. The van der Waals surface area contributed by atoms with Crippen molar-refractivity contribution in [2.75, 3.05) is 7.11 Å². The van der Waals surface area contributed by atoms with Gasteiger partial charge in [0, 0.05) is 12.2 Å². The van der Waals surface area contributed by atoms with E-state index in [1.54, 1.807) is 25.4 Å². The van der Waals surface area contributed by atoms with Crippen LogP contribution in [-0.4, -0.2) is 24.0 Å². The van der Waals surface area contributed by atoms with Crippen molar-refractivity contribution in [1.29, 1.82) is 0 Å². The first-order valence-electron chi connectivity index (χ1n) is 6.01. The molecule has 0 aromatic carbocycles. The third-order valence-corrected chi connectivity index (χ3v) is 2.22. The highest BCUT2D eigenvalue weighted by atomic mass is 16.5. The van der Waals surface area contributed by atoms with E-state index in [0.717, 1.165) is 0 Å². The Balaban J connectivity index is 3.13. The Hall–Kier alpha value is -2.30. The van der Waals surface area contributed by atoms with E-state index in [1.165, 1.54) is 0 Å². The molecule has 0 amide bonds. The summed E-state index contributed by atoms with van der Waals surface area (Å²) in [6, 6.07) is 5.67. The second-order valence-corrected chi connectivity index (χ2v) is 4.13. The number of allylic oxidation sites excluding steroid dienone is 1. The molecule has 3 N–H and O–H groups in total. The van der Waals surface area contributed by atoms with E-state index in [-0.39, 0.29) is 6.04 Å². The Bertz CT molecular complexity index is 477. The molecule has 0 atom stereocenters. The molecule has 1 rings (SSSR count). The van der Waals surface area contributed by atoms with Crippen molar-refractivity contribution in [2.24, 2.45) is 10.7 Å². The van der Waals surface area contributed by atoms with Crippen molar-refractivity contribution in [3.63, 3.8) is 0 Å². The van der Waals surface area contributed by atoms with Crippen LogP contribution < -0.4 is 11.1 Å². The van der Waals surface area contributed by atoms with Gasteiger partial charge in [-0.2, -0.15) is 0 Å². The largest absolute Gasteiger partial charge is 0.493 e. The van der Waals surface area contributed by atoms with Gasteiger partial charge in [-0.1, -0.05) is 12.6 Å². The number of hydrogen-bond acceptors (Lipinski definition) is 4. The third-order valence-electron chi connectivity index (χ3n) is 2.22. The summed E-state index contributed by atoms with van der Waals surface area (Å²) in [6.07, 6.45) is 3.25. The van der Waals surface area contributed by atoms with E-state index in [2.05, 4.69) is 21.9 Å². The first-order chi connectivity index (χ1) is 9.08. The second kappa shape index (κ2) is 7.20. The van der Waals surface area contributed by atoms with Crippen LogP contribution in [0.25, 0.3) is 0 Å². The lowest BCUT2D eigenvalue weighted by atomic mass is 10.3. The van der Waals surface area contributed by atoms with Crippen LogP contribution in [0.5, 0.6) is 0 Å². The van der Waals surface area contributed by atoms with Gasteiger partial charge in [0.25, 0.3) is 0 Å². The van der Waals surface area contributed by atoms with Crippen LogP contribution in [0, 0.1) is 0 Å². The maximum Gasteiger partial charge on any atom is 0.171 e. The molecule has 1 aromatic rings. The van der Waals surface area contributed by atoms with Gasteiger partial charge in [-0.25, -0.2) is 4.99 Å². The van der Waals surface area contributed by atoms with Gasteiger partial charge < -0.3 is 15.8 Å². The molecule has 102 valence electrons. The lowest BCUT2D eigenvalue weighted by molar-refractivity contribution is 0.297. The average Bonchev–Trinajstić information content (AvgIpc) is 2.40.